The third kappa shape index (κ3) is 3.63. The van der Waals surface area contributed by atoms with Crippen molar-refractivity contribution >= 4 is 16.0 Å². The molecule has 7 heteroatoms. The fraction of sp³-hybridized carbons (Fsp3) is 0.588. The highest BCUT2D eigenvalue weighted by Gasteiger charge is 2.45. The fourth-order valence-corrected chi connectivity index (χ4v) is 5.34. The largest absolute Gasteiger partial charge is 0.480 e. The van der Waals surface area contributed by atoms with Gasteiger partial charge in [0.2, 0.25) is 10.0 Å². The molecule has 1 spiro atoms. The second kappa shape index (κ2) is 6.46. The zero-order chi connectivity index (χ0) is 17.4. The smallest absolute Gasteiger partial charge is 0.320 e. The van der Waals surface area contributed by atoms with Gasteiger partial charge in [0.15, 0.2) is 0 Å². The van der Waals surface area contributed by atoms with Gasteiger partial charge in [0.25, 0.3) is 0 Å². The Morgan fingerprint density at radius 2 is 2.08 bits per heavy atom. The van der Waals surface area contributed by atoms with E-state index in [2.05, 4.69) is 5.32 Å². The van der Waals surface area contributed by atoms with Gasteiger partial charge < -0.3 is 10.4 Å². The second-order valence-corrected chi connectivity index (χ2v) is 9.09. The van der Waals surface area contributed by atoms with Gasteiger partial charge in [-0.2, -0.15) is 0 Å². The number of nitrogens with zero attached hydrogens (tertiary/aromatic N) is 1. The van der Waals surface area contributed by atoms with Crippen molar-refractivity contribution in [2.24, 2.45) is 5.41 Å². The molecule has 1 atom stereocenters. The molecule has 0 aliphatic carbocycles. The standard InChI is InChI=1S/C17H24N2O4S/c1-13-3-2-4-14(9-13)11-24(22,23)19-7-5-17(6-8-19)10-15(16(20)21)18-12-17/h2-4,9,15,18H,5-8,10-12H2,1H3,(H,20,21)/t15-/m0/s1. The average Bonchev–Trinajstić information content (AvgIpc) is 2.91. The van der Waals surface area contributed by atoms with E-state index in [1.54, 1.807) is 4.31 Å². The Bertz CT molecular complexity index is 724. The number of aliphatic carboxylic acids is 1. The molecular formula is C17H24N2O4S. The highest BCUT2D eigenvalue weighted by Crippen LogP contribution is 2.40. The molecule has 2 saturated heterocycles. The van der Waals surface area contributed by atoms with Gasteiger partial charge in [0, 0.05) is 19.6 Å². The summed E-state index contributed by atoms with van der Waals surface area (Å²) in [7, 11) is -3.33. The lowest BCUT2D eigenvalue weighted by Crippen LogP contribution is -2.44. The van der Waals surface area contributed by atoms with Crippen LogP contribution in [0.25, 0.3) is 0 Å². The molecular weight excluding hydrogens is 328 g/mol. The molecule has 6 nitrogen and oxygen atoms in total. The average molecular weight is 352 g/mol. The van der Waals surface area contributed by atoms with Gasteiger partial charge in [0.05, 0.1) is 5.75 Å². The molecule has 0 unspecified atom stereocenters. The van der Waals surface area contributed by atoms with E-state index in [0.29, 0.717) is 26.1 Å². The normalized spacial score (nSPS) is 24.3. The number of rotatable bonds is 4. The molecule has 0 amide bonds. The van der Waals surface area contributed by atoms with Crippen LogP contribution in [-0.2, 0) is 20.6 Å². The third-order valence-electron chi connectivity index (χ3n) is 5.27. The van der Waals surface area contributed by atoms with Crippen molar-refractivity contribution in [1.82, 2.24) is 9.62 Å². The number of nitrogens with one attached hydrogen (secondary N) is 1. The summed E-state index contributed by atoms with van der Waals surface area (Å²) >= 11 is 0. The number of benzene rings is 1. The van der Waals surface area contributed by atoms with Gasteiger partial charge in [0.1, 0.15) is 6.04 Å². The molecule has 2 N–H and O–H groups in total. The van der Waals surface area contributed by atoms with E-state index < -0.39 is 22.0 Å². The van der Waals surface area contributed by atoms with Crippen molar-refractivity contribution < 1.29 is 18.3 Å². The van der Waals surface area contributed by atoms with Crippen molar-refractivity contribution in [2.45, 2.75) is 38.0 Å². The maximum absolute atomic E-state index is 12.7. The molecule has 2 aliphatic rings. The van der Waals surface area contributed by atoms with E-state index >= 15 is 0 Å². The van der Waals surface area contributed by atoms with Crippen LogP contribution in [0.3, 0.4) is 0 Å². The Hall–Kier alpha value is -1.44. The summed E-state index contributed by atoms with van der Waals surface area (Å²) in [5, 5.41) is 12.2. The van der Waals surface area contributed by atoms with Crippen LogP contribution in [0.5, 0.6) is 0 Å². The number of aryl methyl sites for hydroxylation is 1. The Kier molecular flexibility index (Phi) is 4.68. The predicted molar refractivity (Wildman–Crippen MR) is 91.1 cm³/mol. The van der Waals surface area contributed by atoms with Crippen molar-refractivity contribution in [1.29, 1.82) is 0 Å². The first kappa shape index (κ1) is 17.4. The number of carbonyl (C=O) groups is 1. The number of sulfonamides is 1. The number of hydrogen-bond acceptors (Lipinski definition) is 4. The first-order valence-electron chi connectivity index (χ1n) is 8.29. The van der Waals surface area contributed by atoms with E-state index in [-0.39, 0.29) is 11.2 Å². The number of piperidine rings is 1. The quantitative estimate of drug-likeness (QED) is 0.854. The summed E-state index contributed by atoms with van der Waals surface area (Å²) < 4.78 is 26.9. The summed E-state index contributed by atoms with van der Waals surface area (Å²) in [5.41, 5.74) is 1.79. The van der Waals surface area contributed by atoms with Crippen LogP contribution >= 0.6 is 0 Å². The van der Waals surface area contributed by atoms with Crippen LogP contribution in [0.15, 0.2) is 24.3 Å². The maximum atomic E-state index is 12.7. The minimum Gasteiger partial charge on any atom is -0.480 e. The Morgan fingerprint density at radius 1 is 1.38 bits per heavy atom. The van der Waals surface area contributed by atoms with Crippen LogP contribution < -0.4 is 5.32 Å². The Balaban J connectivity index is 1.63. The first-order chi connectivity index (χ1) is 11.3. The summed E-state index contributed by atoms with van der Waals surface area (Å²) in [6.45, 7) is 3.56. The first-order valence-corrected chi connectivity index (χ1v) is 9.90. The lowest BCUT2D eigenvalue weighted by molar-refractivity contribution is -0.139. The highest BCUT2D eigenvalue weighted by molar-refractivity contribution is 7.88. The molecule has 132 valence electrons. The molecule has 2 fully saturated rings. The predicted octanol–water partition coefficient (Wildman–Crippen LogP) is 1.35. The highest BCUT2D eigenvalue weighted by atomic mass is 32.2. The maximum Gasteiger partial charge on any atom is 0.320 e. The van der Waals surface area contributed by atoms with Crippen LogP contribution in [0.2, 0.25) is 0 Å². The molecule has 1 aromatic rings. The van der Waals surface area contributed by atoms with Gasteiger partial charge in [-0.3, -0.25) is 4.79 Å². The monoisotopic (exact) mass is 352 g/mol. The second-order valence-electron chi connectivity index (χ2n) is 7.12. The van der Waals surface area contributed by atoms with Crippen molar-refractivity contribution in [2.75, 3.05) is 19.6 Å². The summed E-state index contributed by atoms with van der Waals surface area (Å²) in [6.07, 6.45) is 2.03. The van der Waals surface area contributed by atoms with E-state index in [1.165, 1.54) is 0 Å². The SMILES string of the molecule is Cc1cccc(CS(=O)(=O)N2CCC3(CC2)CN[C@H](C(=O)O)C3)c1. The number of carboxylic acid groups (broad SMARTS) is 1. The lowest BCUT2D eigenvalue weighted by Gasteiger charge is -2.38. The molecule has 1 aromatic carbocycles. The van der Waals surface area contributed by atoms with Crippen LogP contribution in [-0.4, -0.2) is 49.5 Å². The molecule has 0 aromatic heterocycles. The van der Waals surface area contributed by atoms with Gasteiger partial charge in [-0.05, 0) is 37.2 Å². The molecule has 0 bridgehead atoms. The third-order valence-corrected chi connectivity index (χ3v) is 7.12. The van der Waals surface area contributed by atoms with E-state index in [9.17, 15) is 13.2 Å². The number of carboxylic acids is 1. The zero-order valence-corrected chi connectivity index (χ0v) is 14.7. The van der Waals surface area contributed by atoms with Crippen LogP contribution in [0, 0.1) is 12.3 Å². The molecule has 0 radical (unpaired) electrons. The zero-order valence-electron chi connectivity index (χ0n) is 13.9. The van der Waals surface area contributed by atoms with Crippen LogP contribution in [0.4, 0.5) is 0 Å². The van der Waals surface area contributed by atoms with Crippen molar-refractivity contribution in [3.05, 3.63) is 35.4 Å². The minimum absolute atomic E-state index is 0.0255. The molecule has 2 heterocycles. The summed E-state index contributed by atoms with van der Waals surface area (Å²) in [6, 6.07) is 7.07. The van der Waals surface area contributed by atoms with Gasteiger partial charge in [-0.25, -0.2) is 12.7 Å². The fourth-order valence-electron chi connectivity index (χ4n) is 3.82. The van der Waals surface area contributed by atoms with E-state index in [0.717, 1.165) is 24.0 Å². The number of hydrogen-bond donors (Lipinski definition) is 2. The summed E-state index contributed by atoms with van der Waals surface area (Å²) in [4.78, 5) is 11.1. The Labute approximate surface area is 142 Å². The van der Waals surface area contributed by atoms with E-state index in [4.69, 9.17) is 5.11 Å². The molecule has 3 rings (SSSR count). The van der Waals surface area contributed by atoms with Crippen molar-refractivity contribution in [3.63, 3.8) is 0 Å². The van der Waals surface area contributed by atoms with Crippen LogP contribution in [0.1, 0.15) is 30.4 Å². The van der Waals surface area contributed by atoms with Crippen molar-refractivity contribution in [3.8, 4) is 0 Å². The Morgan fingerprint density at radius 3 is 2.67 bits per heavy atom. The minimum atomic E-state index is -3.33. The van der Waals surface area contributed by atoms with Gasteiger partial charge in [-0.1, -0.05) is 29.8 Å². The molecule has 2 aliphatic heterocycles. The lowest BCUT2D eigenvalue weighted by atomic mass is 9.77. The molecule has 24 heavy (non-hydrogen) atoms. The topological polar surface area (TPSA) is 86.7 Å². The van der Waals surface area contributed by atoms with Gasteiger partial charge >= 0.3 is 5.97 Å². The summed E-state index contributed by atoms with van der Waals surface area (Å²) in [5.74, 6) is -0.793. The van der Waals surface area contributed by atoms with E-state index in [1.807, 2.05) is 31.2 Å². The molecule has 0 saturated carbocycles. The van der Waals surface area contributed by atoms with Gasteiger partial charge in [-0.15, -0.1) is 0 Å².